The fraction of sp³-hybridized carbons (Fsp3) is 0.548. The summed E-state index contributed by atoms with van der Waals surface area (Å²) in [4.78, 5) is 26.1. The maximum atomic E-state index is 13.2. The average Bonchev–Trinajstić information content (AvgIpc) is 2.98. The minimum absolute atomic E-state index is 0.0832. The van der Waals surface area contributed by atoms with Gasteiger partial charge in [0.15, 0.2) is 0 Å². The summed E-state index contributed by atoms with van der Waals surface area (Å²) in [5.41, 5.74) is 2.32. The molecule has 0 aliphatic carbocycles. The van der Waals surface area contributed by atoms with Gasteiger partial charge in [-0.2, -0.15) is 0 Å². The van der Waals surface area contributed by atoms with Gasteiger partial charge in [0.25, 0.3) is 0 Å². The van der Waals surface area contributed by atoms with Crippen molar-refractivity contribution in [2.45, 2.75) is 57.5 Å². The number of carboxylic acid groups (broad SMARTS) is 1. The topological polar surface area (TPSA) is 114 Å². The second kappa shape index (κ2) is 14.2. The minimum atomic E-state index is -1.31. The first-order chi connectivity index (χ1) is 19.3. The van der Waals surface area contributed by atoms with Gasteiger partial charge in [0.05, 0.1) is 5.60 Å². The summed E-state index contributed by atoms with van der Waals surface area (Å²) in [5.74, 6) is 0.250. The van der Waals surface area contributed by atoms with E-state index in [-0.39, 0.29) is 18.5 Å². The molecule has 3 amide bonds. The molecule has 9 heteroatoms. The van der Waals surface area contributed by atoms with E-state index >= 15 is 0 Å². The van der Waals surface area contributed by atoms with Crippen LogP contribution in [0, 0.1) is 11.8 Å². The minimum Gasteiger partial charge on any atom is -0.465 e. The number of nitrogens with one attached hydrogen (secondary N) is 3. The molecule has 0 radical (unpaired) electrons. The van der Waals surface area contributed by atoms with Crippen LogP contribution in [0.5, 0.6) is 0 Å². The van der Waals surface area contributed by atoms with Gasteiger partial charge in [0.2, 0.25) is 0 Å². The molecule has 8 nitrogen and oxygen atoms in total. The third-order valence-corrected chi connectivity index (χ3v) is 8.81. The summed E-state index contributed by atoms with van der Waals surface area (Å²) in [5, 5.41) is 31.2. The number of urea groups is 1. The SMILES string of the molecule is CCc1cccc(-c2c(Cl)cccc2C(O)(CCCNC(=O)O)[C@@H]2CCCN(C(=O)NCC3CCNCC3)C2)c1. The number of carbonyl (C=O) groups excluding carboxylic acids is 1. The molecule has 2 atom stereocenters. The standard InChI is InChI=1S/C31H43ClN4O4/c1-2-22-7-3-8-24(19-22)28-26(10-4-11-27(28)32)31(40,14-6-15-34-30(38)39)25-9-5-18-36(21-25)29(37)35-20-23-12-16-33-17-13-23/h3-4,7-8,10-11,19,23,25,33-34,40H,2,5-6,9,12-18,20-21H2,1H3,(H,35,37)(H,38,39)/t25-,31?/m1/s1. The number of hydrogen-bond donors (Lipinski definition) is 5. The Hall–Kier alpha value is -2.81. The molecule has 2 aliphatic heterocycles. The fourth-order valence-corrected chi connectivity index (χ4v) is 6.50. The van der Waals surface area contributed by atoms with E-state index in [0.29, 0.717) is 43.4 Å². The summed E-state index contributed by atoms with van der Waals surface area (Å²) in [6, 6.07) is 13.7. The summed E-state index contributed by atoms with van der Waals surface area (Å²) >= 11 is 6.82. The third-order valence-electron chi connectivity index (χ3n) is 8.50. The van der Waals surface area contributed by atoms with Crippen molar-refractivity contribution in [3.8, 4) is 11.1 Å². The Balaban J connectivity index is 1.61. The molecule has 0 bridgehead atoms. The lowest BCUT2D eigenvalue weighted by molar-refractivity contribution is -0.0547. The van der Waals surface area contributed by atoms with Crippen LogP contribution in [0.2, 0.25) is 5.02 Å². The maximum Gasteiger partial charge on any atom is 0.404 e. The quantitative estimate of drug-likeness (QED) is 0.251. The van der Waals surface area contributed by atoms with Crippen molar-refractivity contribution >= 4 is 23.7 Å². The van der Waals surface area contributed by atoms with Crippen LogP contribution in [0.3, 0.4) is 0 Å². The van der Waals surface area contributed by atoms with Gasteiger partial charge in [0, 0.05) is 42.7 Å². The van der Waals surface area contributed by atoms with Gasteiger partial charge in [-0.3, -0.25) is 0 Å². The second-order valence-electron chi connectivity index (χ2n) is 11.1. The van der Waals surface area contributed by atoms with Gasteiger partial charge in [-0.15, -0.1) is 0 Å². The Kier molecular flexibility index (Phi) is 10.7. The first-order valence-corrected chi connectivity index (χ1v) is 15.0. The lowest BCUT2D eigenvalue weighted by Crippen LogP contribution is -2.52. The van der Waals surface area contributed by atoms with Gasteiger partial charge >= 0.3 is 12.1 Å². The zero-order valence-corrected chi connectivity index (χ0v) is 24.2. The molecule has 40 heavy (non-hydrogen) atoms. The van der Waals surface area contributed by atoms with Crippen LogP contribution in [-0.4, -0.2) is 66.5 Å². The number of amides is 3. The van der Waals surface area contributed by atoms with Crippen molar-refractivity contribution in [2.75, 3.05) is 39.3 Å². The molecule has 0 spiro atoms. The number of hydrogen-bond acceptors (Lipinski definition) is 4. The van der Waals surface area contributed by atoms with E-state index in [1.54, 1.807) is 0 Å². The number of carbonyl (C=O) groups is 2. The number of likely N-dealkylation sites (tertiary alicyclic amines) is 1. The molecule has 2 aliphatic rings. The van der Waals surface area contributed by atoms with E-state index in [1.165, 1.54) is 5.56 Å². The maximum absolute atomic E-state index is 13.2. The summed E-state index contributed by atoms with van der Waals surface area (Å²) in [7, 11) is 0. The number of rotatable bonds is 10. The van der Waals surface area contributed by atoms with E-state index in [0.717, 1.165) is 61.9 Å². The first-order valence-electron chi connectivity index (χ1n) is 14.6. The largest absolute Gasteiger partial charge is 0.465 e. The smallest absolute Gasteiger partial charge is 0.404 e. The number of benzene rings is 2. The molecule has 1 unspecified atom stereocenters. The Morgan fingerprint density at radius 2 is 1.90 bits per heavy atom. The van der Waals surface area contributed by atoms with Crippen LogP contribution < -0.4 is 16.0 Å². The fourth-order valence-electron chi connectivity index (χ4n) is 6.22. The molecule has 5 N–H and O–H groups in total. The lowest BCUT2D eigenvalue weighted by Gasteiger charge is -2.44. The molecular weight excluding hydrogens is 528 g/mol. The molecule has 2 fully saturated rings. The van der Waals surface area contributed by atoms with Crippen LogP contribution in [-0.2, 0) is 12.0 Å². The Morgan fingerprint density at radius 3 is 2.65 bits per heavy atom. The average molecular weight is 571 g/mol. The third kappa shape index (κ3) is 7.47. The number of halogens is 1. The molecule has 218 valence electrons. The van der Waals surface area contributed by atoms with Crippen molar-refractivity contribution < 1.29 is 19.8 Å². The first kappa shape index (κ1) is 30.2. The lowest BCUT2D eigenvalue weighted by atomic mass is 9.72. The molecule has 2 aromatic carbocycles. The second-order valence-corrected chi connectivity index (χ2v) is 11.5. The van der Waals surface area contributed by atoms with Crippen molar-refractivity contribution in [1.29, 1.82) is 0 Å². The highest BCUT2D eigenvalue weighted by atomic mass is 35.5. The Bertz CT molecular complexity index is 1160. The summed E-state index contributed by atoms with van der Waals surface area (Å²) in [6.45, 7) is 6.03. The summed E-state index contributed by atoms with van der Waals surface area (Å²) in [6.07, 6.45) is 4.23. The van der Waals surface area contributed by atoms with Crippen LogP contribution in [0.25, 0.3) is 11.1 Å². The van der Waals surface area contributed by atoms with Gasteiger partial charge in [0.1, 0.15) is 0 Å². The van der Waals surface area contributed by atoms with Crippen LogP contribution in [0.4, 0.5) is 9.59 Å². The number of aryl methyl sites for hydroxylation is 1. The highest BCUT2D eigenvalue weighted by molar-refractivity contribution is 6.33. The van der Waals surface area contributed by atoms with Crippen LogP contribution in [0.15, 0.2) is 42.5 Å². The highest BCUT2D eigenvalue weighted by Crippen LogP contribution is 2.45. The molecule has 2 aromatic rings. The molecule has 4 rings (SSSR count). The molecule has 0 aromatic heterocycles. The van der Waals surface area contributed by atoms with Gasteiger partial charge in [-0.1, -0.05) is 54.9 Å². The number of piperidine rings is 2. The van der Waals surface area contributed by atoms with E-state index in [9.17, 15) is 14.7 Å². The van der Waals surface area contributed by atoms with Crippen molar-refractivity contribution in [2.24, 2.45) is 11.8 Å². The van der Waals surface area contributed by atoms with Crippen molar-refractivity contribution in [3.63, 3.8) is 0 Å². The normalized spacial score (nSPS) is 19.6. The van der Waals surface area contributed by atoms with Crippen molar-refractivity contribution in [3.05, 3.63) is 58.6 Å². The predicted octanol–water partition coefficient (Wildman–Crippen LogP) is 5.23. The van der Waals surface area contributed by atoms with Crippen LogP contribution >= 0.6 is 11.6 Å². The monoisotopic (exact) mass is 570 g/mol. The zero-order chi connectivity index (χ0) is 28.5. The van der Waals surface area contributed by atoms with E-state index in [1.807, 2.05) is 35.2 Å². The molecule has 0 saturated carbocycles. The summed E-state index contributed by atoms with van der Waals surface area (Å²) < 4.78 is 0. The Morgan fingerprint density at radius 1 is 1.12 bits per heavy atom. The van der Waals surface area contributed by atoms with E-state index in [2.05, 4.69) is 35.0 Å². The number of nitrogens with zero attached hydrogens (tertiary/aromatic N) is 1. The molecular formula is C31H43ClN4O4. The van der Waals surface area contributed by atoms with Gasteiger partial charge in [-0.05, 0) is 86.7 Å². The zero-order valence-electron chi connectivity index (χ0n) is 23.4. The predicted molar refractivity (Wildman–Crippen MR) is 159 cm³/mol. The number of aliphatic hydroxyl groups is 1. The Labute approximate surface area is 242 Å². The van der Waals surface area contributed by atoms with Crippen LogP contribution in [0.1, 0.15) is 56.6 Å². The van der Waals surface area contributed by atoms with Gasteiger partial charge in [-0.25, -0.2) is 9.59 Å². The van der Waals surface area contributed by atoms with Crippen molar-refractivity contribution in [1.82, 2.24) is 20.9 Å². The van der Waals surface area contributed by atoms with E-state index < -0.39 is 11.7 Å². The van der Waals surface area contributed by atoms with E-state index in [4.69, 9.17) is 16.7 Å². The molecule has 2 heterocycles. The van der Waals surface area contributed by atoms with Gasteiger partial charge < -0.3 is 31.1 Å². The highest BCUT2D eigenvalue weighted by Gasteiger charge is 2.43. The molecule has 2 saturated heterocycles.